The van der Waals surface area contributed by atoms with Gasteiger partial charge in [-0.05, 0) is 18.2 Å². The van der Waals surface area contributed by atoms with E-state index in [1.54, 1.807) is 25.2 Å². The van der Waals surface area contributed by atoms with Crippen LogP contribution in [0.4, 0.5) is 0 Å². The lowest BCUT2D eigenvalue weighted by Crippen LogP contribution is -2.04. The predicted octanol–water partition coefficient (Wildman–Crippen LogP) is 1.98. The molecule has 102 valence electrons. The number of aromatic nitrogens is 3. The molecule has 20 heavy (non-hydrogen) atoms. The van der Waals surface area contributed by atoms with E-state index in [0.717, 1.165) is 11.2 Å². The molecule has 0 saturated heterocycles. The topological polar surface area (TPSA) is 80.3 Å². The largest absolute Gasteiger partial charge is 0.507 e. The quantitative estimate of drug-likeness (QED) is 0.747. The van der Waals surface area contributed by atoms with Crippen molar-refractivity contribution in [2.45, 2.75) is 0 Å². The second-order valence-electron chi connectivity index (χ2n) is 4.64. The van der Waals surface area contributed by atoms with Gasteiger partial charge in [0.1, 0.15) is 17.1 Å². The Balaban J connectivity index is 2.25. The van der Waals surface area contributed by atoms with Gasteiger partial charge in [-0.2, -0.15) is 5.10 Å². The maximum atomic E-state index is 11.1. The number of aryl methyl sites for hydroxylation is 2. The molecule has 6 nitrogen and oxygen atoms in total. The molecular weight excluding hydrogens is 258 g/mol. The zero-order valence-corrected chi connectivity index (χ0v) is 11.0. The second kappa shape index (κ2) is 4.12. The molecule has 0 saturated carbocycles. The van der Waals surface area contributed by atoms with E-state index < -0.39 is 5.97 Å². The normalized spacial score (nSPS) is 11.1. The minimum absolute atomic E-state index is 0.120. The van der Waals surface area contributed by atoms with Gasteiger partial charge in [0.15, 0.2) is 0 Å². The highest BCUT2D eigenvalue weighted by Crippen LogP contribution is 2.31. The first-order valence-electron chi connectivity index (χ1n) is 6.04. The van der Waals surface area contributed by atoms with Gasteiger partial charge in [0.05, 0.1) is 11.2 Å². The molecule has 0 aliphatic heterocycles. The summed E-state index contributed by atoms with van der Waals surface area (Å²) in [6.07, 6.45) is 0. The summed E-state index contributed by atoms with van der Waals surface area (Å²) < 4.78 is 3.21. The third kappa shape index (κ3) is 1.65. The molecule has 0 bridgehead atoms. The maximum absolute atomic E-state index is 11.1. The zero-order valence-electron chi connectivity index (χ0n) is 11.0. The van der Waals surface area contributed by atoms with Gasteiger partial charge in [-0.3, -0.25) is 4.68 Å². The number of rotatable bonds is 2. The van der Waals surface area contributed by atoms with Crippen molar-refractivity contribution in [3.05, 3.63) is 36.0 Å². The number of phenols is 1. The van der Waals surface area contributed by atoms with Crippen LogP contribution in [0.15, 0.2) is 30.3 Å². The van der Waals surface area contributed by atoms with Gasteiger partial charge in [-0.25, -0.2) is 4.79 Å². The molecule has 2 aromatic heterocycles. The average molecular weight is 271 g/mol. The third-order valence-electron chi connectivity index (χ3n) is 3.43. The lowest BCUT2D eigenvalue weighted by molar-refractivity contribution is 0.0685. The third-order valence-corrected chi connectivity index (χ3v) is 3.43. The molecule has 0 unspecified atom stereocenters. The van der Waals surface area contributed by atoms with Gasteiger partial charge in [-0.1, -0.05) is 6.07 Å². The number of phenolic OH excluding ortho intramolecular Hbond substituents is 1. The number of nitrogens with zero attached hydrogens (tertiary/aromatic N) is 3. The van der Waals surface area contributed by atoms with E-state index in [2.05, 4.69) is 5.10 Å². The molecule has 0 aliphatic rings. The highest BCUT2D eigenvalue weighted by Gasteiger charge is 2.17. The van der Waals surface area contributed by atoms with Gasteiger partial charge in [0.2, 0.25) is 0 Å². The van der Waals surface area contributed by atoms with Crippen molar-refractivity contribution >= 4 is 16.9 Å². The summed E-state index contributed by atoms with van der Waals surface area (Å²) in [6.45, 7) is 0. The summed E-state index contributed by atoms with van der Waals surface area (Å²) in [4.78, 5) is 11.1. The molecule has 3 aromatic rings. The Kier molecular flexibility index (Phi) is 2.53. The van der Waals surface area contributed by atoms with Crippen LogP contribution in [-0.2, 0) is 14.1 Å². The van der Waals surface area contributed by atoms with Gasteiger partial charge in [0.25, 0.3) is 0 Å². The maximum Gasteiger partial charge on any atom is 0.354 e. The molecule has 0 fully saturated rings. The van der Waals surface area contributed by atoms with E-state index >= 15 is 0 Å². The standard InChI is InChI=1S/C14H13N3O3/c1-16-10-4-3-5-13(18)8(10)6-11(16)9-7-12(14(19)20)17(2)15-9/h3-7,18H,1-2H3,(H,19,20). The Morgan fingerprint density at radius 2 is 2.00 bits per heavy atom. The first-order valence-corrected chi connectivity index (χ1v) is 6.04. The van der Waals surface area contributed by atoms with E-state index in [-0.39, 0.29) is 11.4 Å². The minimum atomic E-state index is -1.02. The van der Waals surface area contributed by atoms with Crippen LogP contribution in [-0.4, -0.2) is 30.5 Å². The molecular formula is C14H13N3O3. The molecule has 0 aliphatic carbocycles. The fourth-order valence-electron chi connectivity index (χ4n) is 2.38. The van der Waals surface area contributed by atoms with E-state index in [4.69, 9.17) is 5.11 Å². The van der Waals surface area contributed by atoms with Crippen LogP contribution in [0, 0.1) is 0 Å². The molecule has 6 heteroatoms. The first kappa shape index (κ1) is 12.3. The van der Waals surface area contributed by atoms with E-state index in [1.165, 1.54) is 10.7 Å². The van der Waals surface area contributed by atoms with E-state index in [9.17, 15) is 9.90 Å². The van der Waals surface area contributed by atoms with Crippen molar-refractivity contribution in [1.82, 2.24) is 14.3 Å². The number of benzene rings is 1. The van der Waals surface area contributed by atoms with Crippen LogP contribution in [0.1, 0.15) is 10.5 Å². The summed E-state index contributed by atoms with van der Waals surface area (Å²) in [5.74, 6) is -0.827. The molecule has 3 rings (SSSR count). The molecule has 2 heterocycles. The second-order valence-corrected chi connectivity index (χ2v) is 4.64. The van der Waals surface area contributed by atoms with Crippen molar-refractivity contribution in [2.24, 2.45) is 14.1 Å². The lowest BCUT2D eigenvalue weighted by atomic mass is 10.2. The molecule has 0 radical (unpaired) electrons. The van der Waals surface area contributed by atoms with Crippen LogP contribution in [0.5, 0.6) is 5.75 Å². The van der Waals surface area contributed by atoms with Crippen molar-refractivity contribution < 1.29 is 15.0 Å². The Morgan fingerprint density at radius 3 is 2.60 bits per heavy atom. The molecule has 1 aromatic carbocycles. The number of aromatic carboxylic acids is 1. The molecule has 0 spiro atoms. The fourth-order valence-corrected chi connectivity index (χ4v) is 2.38. The monoisotopic (exact) mass is 271 g/mol. The number of carboxylic acids is 1. The van der Waals surface area contributed by atoms with Crippen LogP contribution < -0.4 is 0 Å². The van der Waals surface area contributed by atoms with Crippen molar-refractivity contribution in [2.75, 3.05) is 0 Å². The molecule has 0 atom stereocenters. The van der Waals surface area contributed by atoms with E-state index in [1.807, 2.05) is 17.7 Å². The number of hydrogen-bond donors (Lipinski definition) is 2. The number of carboxylic acid groups (broad SMARTS) is 1. The van der Waals surface area contributed by atoms with Gasteiger partial charge in [-0.15, -0.1) is 0 Å². The van der Waals surface area contributed by atoms with Crippen LogP contribution >= 0.6 is 0 Å². The Bertz CT molecular complexity index is 830. The Labute approximate surface area is 114 Å². The minimum Gasteiger partial charge on any atom is -0.507 e. The number of hydrogen-bond acceptors (Lipinski definition) is 3. The van der Waals surface area contributed by atoms with Crippen LogP contribution in [0.2, 0.25) is 0 Å². The van der Waals surface area contributed by atoms with Gasteiger partial charge >= 0.3 is 5.97 Å². The number of aromatic hydroxyl groups is 1. The van der Waals surface area contributed by atoms with Gasteiger partial charge in [0, 0.05) is 25.5 Å². The predicted molar refractivity (Wildman–Crippen MR) is 73.7 cm³/mol. The summed E-state index contributed by atoms with van der Waals surface area (Å²) in [6, 6.07) is 8.60. The van der Waals surface area contributed by atoms with Gasteiger partial charge < -0.3 is 14.8 Å². The lowest BCUT2D eigenvalue weighted by Gasteiger charge is -2.00. The summed E-state index contributed by atoms with van der Waals surface area (Å²) in [5, 5.41) is 23.9. The van der Waals surface area contributed by atoms with Crippen LogP contribution in [0.25, 0.3) is 22.3 Å². The highest BCUT2D eigenvalue weighted by atomic mass is 16.4. The molecule has 2 N–H and O–H groups in total. The van der Waals surface area contributed by atoms with E-state index in [0.29, 0.717) is 11.1 Å². The van der Waals surface area contributed by atoms with Crippen molar-refractivity contribution in [1.29, 1.82) is 0 Å². The highest BCUT2D eigenvalue weighted by molar-refractivity contribution is 5.92. The SMILES string of the molecule is Cn1nc(-c2cc3c(O)cccc3n2C)cc1C(=O)O. The fraction of sp³-hybridized carbons (Fsp3) is 0.143. The van der Waals surface area contributed by atoms with Crippen molar-refractivity contribution in [3.8, 4) is 17.1 Å². The molecule has 0 amide bonds. The summed E-state index contributed by atoms with van der Waals surface area (Å²) in [5.41, 5.74) is 2.30. The number of fused-ring (bicyclic) bond motifs is 1. The Morgan fingerprint density at radius 1 is 1.25 bits per heavy atom. The smallest absolute Gasteiger partial charge is 0.354 e. The number of carbonyl (C=O) groups is 1. The average Bonchev–Trinajstić information content (AvgIpc) is 2.92. The summed E-state index contributed by atoms with van der Waals surface area (Å²) >= 11 is 0. The summed E-state index contributed by atoms with van der Waals surface area (Å²) in [7, 11) is 3.44. The Hall–Kier alpha value is -2.76. The van der Waals surface area contributed by atoms with Crippen molar-refractivity contribution in [3.63, 3.8) is 0 Å². The van der Waals surface area contributed by atoms with Crippen LogP contribution in [0.3, 0.4) is 0 Å². The zero-order chi connectivity index (χ0) is 14.4. The first-order chi connectivity index (χ1) is 9.49.